The Morgan fingerprint density at radius 1 is 1.22 bits per heavy atom. The fourth-order valence-corrected chi connectivity index (χ4v) is 2.54. The van der Waals surface area contributed by atoms with E-state index in [0.29, 0.717) is 17.9 Å². The number of nitrogens with one attached hydrogen (secondary N) is 2. The van der Waals surface area contributed by atoms with Crippen molar-refractivity contribution in [2.75, 3.05) is 33.4 Å². The van der Waals surface area contributed by atoms with Gasteiger partial charge in [-0.15, -0.1) is 24.0 Å². The highest BCUT2D eigenvalue weighted by atomic mass is 127. The van der Waals surface area contributed by atoms with Gasteiger partial charge in [-0.05, 0) is 24.3 Å². The van der Waals surface area contributed by atoms with E-state index in [0.717, 1.165) is 25.7 Å². The van der Waals surface area contributed by atoms with Crippen molar-refractivity contribution >= 4 is 29.9 Å². The Kier molecular flexibility index (Phi) is 8.91. The second-order valence-electron chi connectivity index (χ2n) is 6.47. The number of hydrogen-bond donors (Lipinski definition) is 2. The van der Waals surface area contributed by atoms with Crippen molar-refractivity contribution in [3.05, 3.63) is 35.9 Å². The third kappa shape index (κ3) is 6.67. The number of nitrogens with zero attached hydrogens (tertiary/aromatic N) is 1. The maximum atomic E-state index is 5.57. The molecule has 0 heterocycles. The molecule has 0 amide bonds. The van der Waals surface area contributed by atoms with Crippen molar-refractivity contribution in [2.24, 2.45) is 10.9 Å². The molecule has 0 radical (unpaired) electrons. The van der Waals surface area contributed by atoms with Gasteiger partial charge in [-0.1, -0.05) is 44.2 Å². The minimum Gasteiger partial charge on any atom is -0.379 e. The van der Waals surface area contributed by atoms with Crippen molar-refractivity contribution < 1.29 is 4.74 Å². The van der Waals surface area contributed by atoms with Gasteiger partial charge in [0.15, 0.2) is 5.96 Å². The lowest BCUT2D eigenvalue weighted by molar-refractivity contribution is 0.114. The molecule has 1 aromatic carbocycles. The number of benzene rings is 1. The molecule has 1 aliphatic carbocycles. The summed E-state index contributed by atoms with van der Waals surface area (Å²) < 4.78 is 5.57. The molecule has 4 nitrogen and oxygen atoms in total. The molecule has 1 aliphatic rings. The maximum absolute atomic E-state index is 5.57. The molecule has 0 saturated heterocycles. The zero-order chi connectivity index (χ0) is 15.8. The highest BCUT2D eigenvalue weighted by Gasteiger charge is 2.43. The highest BCUT2D eigenvalue weighted by Crippen LogP contribution is 2.47. The molecule has 130 valence electrons. The van der Waals surface area contributed by atoms with Gasteiger partial charge in [0, 0.05) is 32.2 Å². The van der Waals surface area contributed by atoms with E-state index in [1.807, 2.05) is 7.05 Å². The van der Waals surface area contributed by atoms with Crippen LogP contribution in [0.3, 0.4) is 0 Å². The summed E-state index contributed by atoms with van der Waals surface area (Å²) in [5.41, 5.74) is 1.73. The summed E-state index contributed by atoms with van der Waals surface area (Å²) in [6.45, 7) is 7.56. The van der Waals surface area contributed by atoms with E-state index in [1.54, 1.807) is 0 Å². The molecule has 23 heavy (non-hydrogen) atoms. The van der Waals surface area contributed by atoms with Crippen LogP contribution < -0.4 is 10.6 Å². The average molecular weight is 431 g/mol. The monoisotopic (exact) mass is 431 g/mol. The van der Waals surface area contributed by atoms with Crippen LogP contribution >= 0.6 is 24.0 Å². The lowest BCUT2D eigenvalue weighted by Gasteiger charge is -2.19. The SMILES string of the molecule is CN=C(NCCOCC(C)C)NCC1(c2ccccc2)CC1.I. The van der Waals surface area contributed by atoms with Crippen LogP contribution in [0.15, 0.2) is 35.3 Å². The molecule has 0 aromatic heterocycles. The molecular weight excluding hydrogens is 401 g/mol. The van der Waals surface area contributed by atoms with Crippen LogP contribution in [0.4, 0.5) is 0 Å². The minimum atomic E-state index is 0. The van der Waals surface area contributed by atoms with Crippen LogP contribution in [0.2, 0.25) is 0 Å². The first-order chi connectivity index (χ1) is 10.7. The van der Waals surface area contributed by atoms with Crippen LogP contribution in [-0.4, -0.2) is 39.3 Å². The Balaban J connectivity index is 0.00000264. The van der Waals surface area contributed by atoms with Crippen LogP contribution in [0.5, 0.6) is 0 Å². The molecular formula is C18H30IN3O. The van der Waals surface area contributed by atoms with Gasteiger partial charge >= 0.3 is 0 Å². The first-order valence-corrected chi connectivity index (χ1v) is 8.24. The molecule has 0 bridgehead atoms. The smallest absolute Gasteiger partial charge is 0.191 e. The molecule has 1 aromatic rings. The van der Waals surface area contributed by atoms with Crippen molar-refractivity contribution in [2.45, 2.75) is 32.1 Å². The molecule has 1 fully saturated rings. The van der Waals surface area contributed by atoms with Crippen molar-refractivity contribution in [1.82, 2.24) is 10.6 Å². The molecule has 5 heteroatoms. The minimum absolute atomic E-state index is 0. The van der Waals surface area contributed by atoms with Crippen molar-refractivity contribution in [3.63, 3.8) is 0 Å². The fourth-order valence-electron chi connectivity index (χ4n) is 2.54. The molecule has 0 atom stereocenters. The summed E-state index contributed by atoms with van der Waals surface area (Å²) in [5.74, 6) is 1.44. The molecule has 2 N–H and O–H groups in total. The Labute approximate surface area is 157 Å². The van der Waals surface area contributed by atoms with Gasteiger partial charge in [0.25, 0.3) is 0 Å². The first kappa shape index (κ1) is 20.2. The lowest BCUT2D eigenvalue weighted by atomic mass is 9.96. The summed E-state index contributed by atoms with van der Waals surface area (Å²) in [7, 11) is 1.81. The van der Waals surface area contributed by atoms with Crippen LogP contribution in [0.1, 0.15) is 32.3 Å². The lowest BCUT2D eigenvalue weighted by Crippen LogP contribution is -2.42. The van der Waals surface area contributed by atoms with Crippen LogP contribution in [0.25, 0.3) is 0 Å². The average Bonchev–Trinajstić information content (AvgIpc) is 3.32. The van der Waals surface area contributed by atoms with Gasteiger partial charge < -0.3 is 15.4 Å². The van der Waals surface area contributed by atoms with Gasteiger partial charge in [-0.25, -0.2) is 0 Å². The number of hydrogen-bond acceptors (Lipinski definition) is 2. The maximum Gasteiger partial charge on any atom is 0.191 e. The number of halogens is 1. The molecule has 1 saturated carbocycles. The molecule has 0 unspecified atom stereocenters. The van der Waals surface area contributed by atoms with E-state index in [9.17, 15) is 0 Å². The third-order valence-corrected chi connectivity index (χ3v) is 4.05. The van der Waals surface area contributed by atoms with Gasteiger partial charge in [0.05, 0.1) is 6.61 Å². The summed E-state index contributed by atoms with van der Waals surface area (Å²) >= 11 is 0. The van der Waals surface area contributed by atoms with Crippen LogP contribution in [0, 0.1) is 5.92 Å². The molecule has 0 spiro atoms. The topological polar surface area (TPSA) is 45.7 Å². The quantitative estimate of drug-likeness (QED) is 0.288. The number of rotatable bonds is 8. The van der Waals surface area contributed by atoms with Gasteiger partial charge in [-0.2, -0.15) is 0 Å². The number of ether oxygens (including phenoxy) is 1. The number of aliphatic imine (C=N–C) groups is 1. The predicted octanol–water partition coefficient (Wildman–Crippen LogP) is 3.17. The molecule has 0 aliphatic heterocycles. The van der Waals surface area contributed by atoms with E-state index < -0.39 is 0 Å². The zero-order valence-electron chi connectivity index (χ0n) is 14.5. The van der Waals surface area contributed by atoms with Gasteiger partial charge in [-0.3, -0.25) is 4.99 Å². The Morgan fingerprint density at radius 3 is 2.48 bits per heavy atom. The number of guanidine groups is 1. The van der Waals surface area contributed by atoms with Crippen molar-refractivity contribution in [1.29, 1.82) is 0 Å². The van der Waals surface area contributed by atoms with Crippen LogP contribution in [-0.2, 0) is 10.2 Å². The zero-order valence-corrected chi connectivity index (χ0v) is 16.8. The Bertz CT molecular complexity index is 472. The van der Waals surface area contributed by atoms with Gasteiger partial charge in [0.2, 0.25) is 0 Å². The first-order valence-electron chi connectivity index (χ1n) is 8.24. The van der Waals surface area contributed by atoms with E-state index in [-0.39, 0.29) is 24.0 Å². The second kappa shape index (κ2) is 10.1. The van der Waals surface area contributed by atoms with E-state index in [2.05, 4.69) is 59.8 Å². The summed E-state index contributed by atoms with van der Waals surface area (Å²) in [6.07, 6.45) is 2.50. The third-order valence-electron chi connectivity index (χ3n) is 4.05. The Morgan fingerprint density at radius 2 is 1.91 bits per heavy atom. The van der Waals surface area contributed by atoms with E-state index in [4.69, 9.17) is 4.74 Å². The standard InChI is InChI=1S/C18H29N3O.HI/c1-15(2)13-22-12-11-20-17(19-3)21-14-18(9-10-18)16-7-5-4-6-8-16;/h4-8,15H,9-14H2,1-3H3,(H2,19,20,21);1H. The summed E-state index contributed by atoms with van der Waals surface area (Å²) in [6, 6.07) is 10.8. The fraction of sp³-hybridized carbons (Fsp3) is 0.611. The van der Waals surface area contributed by atoms with E-state index >= 15 is 0 Å². The van der Waals surface area contributed by atoms with Gasteiger partial charge in [0.1, 0.15) is 0 Å². The summed E-state index contributed by atoms with van der Waals surface area (Å²) in [4.78, 5) is 4.28. The largest absolute Gasteiger partial charge is 0.379 e. The normalized spacial score (nSPS) is 15.9. The summed E-state index contributed by atoms with van der Waals surface area (Å²) in [5, 5.41) is 6.76. The van der Waals surface area contributed by atoms with Crippen molar-refractivity contribution in [3.8, 4) is 0 Å². The molecule has 2 rings (SSSR count). The Hall–Kier alpha value is -0.820. The predicted molar refractivity (Wildman–Crippen MR) is 108 cm³/mol. The second-order valence-corrected chi connectivity index (χ2v) is 6.47. The van der Waals surface area contributed by atoms with E-state index in [1.165, 1.54) is 18.4 Å². The highest BCUT2D eigenvalue weighted by molar-refractivity contribution is 14.0.